The normalized spacial score (nSPS) is 24.2. The molecule has 1 amide bonds. The van der Waals surface area contributed by atoms with Crippen molar-refractivity contribution in [2.24, 2.45) is 10.8 Å². The zero-order valence-corrected chi connectivity index (χ0v) is 24.5. The van der Waals surface area contributed by atoms with Gasteiger partial charge in [0.05, 0.1) is 28.9 Å². The van der Waals surface area contributed by atoms with Crippen molar-refractivity contribution >= 4 is 17.1 Å². The summed E-state index contributed by atoms with van der Waals surface area (Å²) in [4.78, 5) is 13.8. The number of rotatable bonds is 6. The van der Waals surface area contributed by atoms with Gasteiger partial charge in [-0.1, -0.05) is 45.0 Å². The molecule has 1 aliphatic heterocycles. The number of likely N-dealkylation sites (tertiary alicyclic amines) is 1. The van der Waals surface area contributed by atoms with Crippen molar-refractivity contribution < 1.29 is 23.6 Å². The number of amides is 1. The van der Waals surface area contributed by atoms with E-state index in [2.05, 4.69) is 31.6 Å². The summed E-state index contributed by atoms with van der Waals surface area (Å²) in [5.41, 5.74) is 2.77. The summed E-state index contributed by atoms with van der Waals surface area (Å²) in [6.07, 6.45) is 1.26. The highest BCUT2D eigenvalue weighted by molar-refractivity contribution is 7.84. The van der Waals surface area contributed by atoms with Gasteiger partial charge in [-0.05, 0) is 85.8 Å². The maximum atomic E-state index is 13.4. The monoisotopic (exact) mass is 542 g/mol. The van der Waals surface area contributed by atoms with Gasteiger partial charge in [-0.2, -0.15) is 0 Å². The molecule has 0 bridgehead atoms. The van der Waals surface area contributed by atoms with E-state index in [0.29, 0.717) is 26.0 Å². The number of fused-ring (bicyclic) bond motifs is 1. The molecule has 2 aromatic rings. The molecule has 7 nitrogen and oxygen atoms in total. The maximum absolute atomic E-state index is 13.4. The lowest BCUT2D eigenvalue weighted by Crippen LogP contribution is -2.57. The lowest BCUT2D eigenvalue weighted by Gasteiger charge is -2.51. The van der Waals surface area contributed by atoms with Gasteiger partial charge < -0.3 is 19.5 Å². The third-order valence-corrected chi connectivity index (χ3v) is 9.59. The van der Waals surface area contributed by atoms with Crippen LogP contribution in [0.25, 0.3) is 0 Å². The van der Waals surface area contributed by atoms with Crippen molar-refractivity contribution in [1.29, 1.82) is 0 Å². The van der Waals surface area contributed by atoms with Crippen LogP contribution in [0.5, 0.6) is 11.5 Å². The number of methoxy groups -OCH3 is 1. The molecule has 1 heterocycles. The molecule has 2 N–H and O–H groups in total. The minimum Gasteiger partial charge on any atom is -0.497 e. The van der Waals surface area contributed by atoms with Gasteiger partial charge in [0.2, 0.25) is 0 Å². The van der Waals surface area contributed by atoms with E-state index < -0.39 is 21.8 Å². The Kier molecular flexibility index (Phi) is 7.88. The smallest absolute Gasteiger partial charge is 0.407 e. The molecule has 2 aliphatic rings. The van der Waals surface area contributed by atoms with Gasteiger partial charge in [0.15, 0.2) is 0 Å². The zero-order chi connectivity index (χ0) is 27.9. The summed E-state index contributed by atoms with van der Waals surface area (Å²) in [7, 11) is 0.362. The van der Waals surface area contributed by atoms with E-state index in [0.717, 1.165) is 34.6 Å². The number of benzene rings is 2. The van der Waals surface area contributed by atoms with E-state index in [-0.39, 0.29) is 22.9 Å². The molecular formula is C30H42N2O5S. The Bertz CT molecular complexity index is 1180. The zero-order valence-electron chi connectivity index (χ0n) is 23.7. The Morgan fingerprint density at radius 1 is 1.13 bits per heavy atom. The first-order valence-electron chi connectivity index (χ1n) is 13.3. The second-order valence-electron chi connectivity index (χ2n) is 12.7. The predicted octanol–water partition coefficient (Wildman–Crippen LogP) is 6.10. The summed E-state index contributed by atoms with van der Waals surface area (Å²) in [5.74, 6) is 1.63. The van der Waals surface area contributed by atoms with Crippen molar-refractivity contribution in [3.05, 3.63) is 59.2 Å². The van der Waals surface area contributed by atoms with Crippen LogP contribution in [-0.4, -0.2) is 44.8 Å². The fraction of sp³-hybridized carbons (Fsp3) is 0.567. The molecule has 0 saturated carbocycles. The Hall–Kier alpha value is -2.58. The SMILES string of the molecule is COc1ccc(COc2cccc3c2CC2(CCN(C(=O)O)[C@H](C(C)(C)C)C2)C3N[S@](=O)C(C)(C)C)cc1. The van der Waals surface area contributed by atoms with Crippen LogP contribution in [0.1, 0.15) is 77.1 Å². The highest BCUT2D eigenvalue weighted by atomic mass is 32.2. The van der Waals surface area contributed by atoms with E-state index in [1.54, 1.807) is 12.0 Å². The van der Waals surface area contributed by atoms with E-state index in [9.17, 15) is 14.1 Å². The largest absolute Gasteiger partial charge is 0.497 e. The molecule has 4 atom stereocenters. The van der Waals surface area contributed by atoms with Crippen molar-refractivity contribution in [3.63, 3.8) is 0 Å². The third-order valence-electron chi connectivity index (χ3n) is 8.03. The lowest BCUT2D eigenvalue weighted by molar-refractivity contribution is -0.00508. The van der Waals surface area contributed by atoms with Gasteiger partial charge in [0.1, 0.15) is 18.1 Å². The molecule has 1 fully saturated rings. The Morgan fingerprint density at radius 2 is 1.82 bits per heavy atom. The van der Waals surface area contributed by atoms with Crippen LogP contribution in [0.4, 0.5) is 4.79 Å². The molecule has 1 spiro atoms. The first-order chi connectivity index (χ1) is 17.7. The van der Waals surface area contributed by atoms with E-state index >= 15 is 0 Å². The lowest BCUT2D eigenvalue weighted by atomic mass is 9.66. The second kappa shape index (κ2) is 10.5. The molecule has 1 aliphatic carbocycles. The van der Waals surface area contributed by atoms with Crippen molar-refractivity contribution in [2.45, 2.75) is 84.2 Å². The molecule has 2 unspecified atom stereocenters. The number of carboxylic acid groups (broad SMARTS) is 1. The molecule has 8 heteroatoms. The molecule has 0 radical (unpaired) electrons. The average molecular weight is 543 g/mol. The number of ether oxygens (including phenoxy) is 2. The van der Waals surface area contributed by atoms with Gasteiger partial charge >= 0.3 is 6.09 Å². The van der Waals surface area contributed by atoms with Crippen molar-refractivity contribution in [3.8, 4) is 11.5 Å². The molecule has 0 aromatic heterocycles. The first-order valence-corrected chi connectivity index (χ1v) is 14.5. The molecule has 4 rings (SSSR count). The number of hydrogen-bond donors (Lipinski definition) is 2. The highest BCUT2D eigenvalue weighted by Crippen LogP contribution is 2.57. The van der Waals surface area contributed by atoms with Gasteiger partial charge in [-0.3, -0.25) is 0 Å². The van der Waals surface area contributed by atoms with Gasteiger partial charge in [0.25, 0.3) is 0 Å². The predicted molar refractivity (Wildman–Crippen MR) is 151 cm³/mol. The Morgan fingerprint density at radius 3 is 2.39 bits per heavy atom. The van der Waals surface area contributed by atoms with E-state index in [4.69, 9.17) is 9.47 Å². The van der Waals surface area contributed by atoms with Crippen molar-refractivity contribution in [2.75, 3.05) is 13.7 Å². The van der Waals surface area contributed by atoms with Crippen LogP contribution in [0.15, 0.2) is 42.5 Å². The molecule has 38 heavy (non-hydrogen) atoms. The van der Waals surface area contributed by atoms with Crippen LogP contribution in [-0.2, 0) is 24.0 Å². The van der Waals surface area contributed by atoms with Gasteiger partial charge in [-0.25, -0.2) is 13.7 Å². The molecule has 208 valence electrons. The van der Waals surface area contributed by atoms with Crippen LogP contribution in [0.3, 0.4) is 0 Å². The number of hydrogen-bond acceptors (Lipinski definition) is 4. The highest BCUT2D eigenvalue weighted by Gasteiger charge is 2.54. The summed E-state index contributed by atoms with van der Waals surface area (Å²) in [6, 6.07) is 13.6. The fourth-order valence-electron chi connectivity index (χ4n) is 5.84. The minimum atomic E-state index is -1.29. The topological polar surface area (TPSA) is 88.1 Å². The average Bonchev–Trinajstić information content (AvgIpc) is 3.14. The van der Waals surface area contributed by atoms with E-state index in [1.165, 1.54) is 0 Å². The molecular weight excluding hydrogens is 500 g/mol. The van der Waals surface area contributed by atoms with Crippen molar-refractivity contribution in [1.82, 2.24) is 9.62 Å². The fourth-order valence-corrected chi connectivity index (χ4v) is 6.78. The van der Waals surface area contributed by atoms with Crippen LogP contribution in [0.2, 0.25) is 0 Å². The summed E-state index contributed by atoms with van der Waals surface area (Å²) in [6.45, 7) is 13.1. The van der Waals surface area contributed by atoms with Crippen LogP contribution < -0.4 is 14.2 Å². The Labute approximate surface area is 229 Å². The molecule has 2 aromatic carbocycles. The van der Waals surface area contributed by atoms with Crippen LogP contribution >= 0.6 is 0 Å². The quantitative estimate of drug-likeness (QED) is 0.461. The summed E-state index contributed by atoms with van der Waals surface area (Å²) >= 11 is 0. The number of carbonyl (C=O) groups is 1. The number of piperidine rings is 1. The number of nitrogens with one attached hydrogen (secondary N) is 1. The summed E-state index contributed by atoms with van der Waals surface area (Å²) < 4.78 is 28.1. The van der Waals surface area contributed by atoms with Gasteiger partial charge in [0, 0.05) is 12.6 Å². The van der Waals surface area contributed by atoms with Gasteiger partial charge in [-0.15, -0.1) is 0 Å². The van der Waals surface area contributed by atoms with Crippen LogP contribution in [0, 0.1) is 10.8 Å². The van der Waals surface area contributed by atoms with E-state index in [1.807, 2.05) is 57.2 Å². The second-order valence-corrected chi connectivity index (χ2v) is 14.7. The molecule has 1 saturated heterocycles. The number of nitrogens with zero attached hydrogens (tertiary/aromatic N) is 1. The third kappa shape index (κ3) is 5.71. The first kappa shape index (κ1) is 28.4. The Balaban J connectivity index is 1.69. The summed E-state index contributed by atoms with van der Waals surface area (Å²) in [5, 5.41) is 9.98. The standard InChI is InChI=1S/C30H42N2O5S/c1-28(2,3)25-18-30(15-16-32(25)27(33)34)17-23-22(26(30)31-38(35)29(4,5)6)9-8-10-24(23)37-19-20-11-13-21(36-7)14-12-20/h8-14,25-26,31H,15-19H2,1-7H3,(H,33,34)/t25-,26?,30?,38+/m0/s1. The minimum absolute atomic E-state index is 0.154. The maximum Gasteiger partial charge on any atom is 0.407 e.